The molecule has 152 valence electrons. The molecule has 8 heteroatoms. The van der Waals surface area contributed by atoms with Crippen LogP contribution in [0.5, 0.6) is 0 Å². The van der Waals surface area contributed by atoms with Crippen LogP contribution in [-0.4, -0.2) is 43.9 Å². The zero-order chi connectivity index (χ0) is 20.4. The molecule has 3 heterocycles. The van der Waals surface area contributed by atoms with Crippen LogP contribution in [0.3, 0.4) is 0 Å². The van der Waals surface area contributed by atoms with Crippen LogP contribution in [0.4, 0.5) is 0 Å². The Hall–Kier alpha value is -2.20. The van der Waals surface area contributed by atoms with E-state index in [0.29, 0.717) is 24.9 Å². The van der Waals surface area contributed by atoms with Crippen molar-refractivity contribution in [3.8, 4) is 0 Å². The quantitative estimate of drug-likeness (QED) is 0.466. The number of benzene rings is 1. The second kappa shape index (κ2) is 8.66. The van der Waals surface area contributed by atoms with Gasteiger partial charge in [0.1, 0.15) is 12.3 Å². The van der Waals surface area contributed by atoms with Gasteiger partial charge >= 0.3 is 0 Å². The van der Waals surface area contributed by atoms with Gasteiger partial charge in [-0.25, -0.2) is 0 Å². The van der Waals surface area contributed by atoms with E-state index in [1.807, 2.05) is 35.3 Å². The maximum absolute atomic E-state index is 12.9. The third kappa shape index (κ3) is 4.37. The normalized spacial score (nSPS) is 21.7. The lowest BCUT2D eigenvalue weighted by Gasteiger charge is -2.32. The van der Waals surface area contributed by atoms with Crippen molar-refractivity contribution in [1.82, 2.24) is 20.0 Å². The van der Waals surface area contributed by atoms with Crippen molar-refractivity contribution in [3.05, 3.63) is 56.9 Å². The number of carbonyl (C=O) groups is 2. The largest absolute Gasteiger partial charge is 0.374 e. The summed E-state index contributed by atoms with van der Waals surface area (Å²) in [7, 11) is 0. The van der Waals surface area contributed by atoms with Crippen molar-refractivity contribution in [3.63, 3.8) is 0 Å². The second-order valence-corrected chi connectivity index (χ2v) is 8.64. The molecule has 1 aromatic carbocycles. The molecule has 29 heavy (non-hydrogen) atoms. The summed E-state index contributed by atoms with van der Waals surface area (Å²) in [5, 5.41) is 16.4. The molecule has 0 aliphatic carbocycles. The van der Waals surface area contributed by atoms with E-state index in [1.165, 1.54) is 0 Å². The van der Waals surface area contributed by atoms with Crippen LogP contribution in [-0.2, 0) is 17.9 Å². The summed E-state index contributed by atoms with van der Waals surface area (Å²) in [6.45, 7) is 1.30. The van der Waals surface area contributed by atoms with E-state index >= 15 is 0 Å². The first kappa shape index (κ1) is 20.1. The lowest BCUT2D eigenvalue weighted by molar-refractivity contribution is -0.132. The van der Waals surface area contributed by atoms with Crippen LogP contribution in [0.1, 0.15) is 47.2 Å². The molecular weight excluding hydrogens is 483 g/mol. The number of nitrogens with one attached hydrogen (secondary N) is 1. The van der Waals surface area contributed by atoms with E-state index in [0.717, 1.165) is 34.1 Å². The molecule has 2 amide bonds. The molecular formula is C21H23IN4O3. The molecule has 2 aromatic rings. The molecule has 1 fully saturated rings. The van der Waals surface area contributed by atoms with Crippen molar-refractivity contribution in [2.45, 2.75) is 51.0 Å². The number of hydrogen-bond acceptors (Lipinski definition) is 4. The number of aromatic nitrogens is 2. The Morgan fingerprint density at radius 2 is 2.17 bits per heavy atom. The van der Waals surface area contributed by atoms with Crippen LogP contribution in [0.2, 0.25) is 0 Å². The number of rotatable bonds is 6. The number of nitrogens with zero attached hydrogens (tertiary/aromatic N) is 3. The summed E-state index contributed by atoms with van der Waals surface area (Å²) in [5.74, 6) is -0.393. The fraction of sp³-hybridized carbons (Fsp3) is 0.381. The van der Waals surface area contributed by atoms with E-state index in [1.54, 1.807) is 4.90 Å². The predicted octanol–water partition coefficient (Wildman–Crippen LogP) is 2.53. The second-order valence-electron chi connectivity index (χ2n) is 7.39. The highest BCUT2D eigenvalue weighted by atomic mass is 127. The summed E-state index contributed by atoms with van der Waals surface area (Å²) in [6, 6.07) is 5.19. The highest BCUT2D eigenvalue weighted by molar-refractivity contribution is 14.1. The number of aliphatic hydroxyl groups excluding tert-OH is 1. The van der Waals surface area contributed by atoms with E-state index in [2.05, 4.69) is 45.2 Å². The number of piperidine rings is 1. The number of hydrogen-bond donors (Lipinski definition) is 2. The molecule has 7 nitrogen and oxygen atoms in total. The number of unbranched alkanes of at least 4 members (excludes halogenated alkanes) is 1. The van der Waals surface area contributed by atoms with Gasteiger partial charge in [0.05, 0.1) is 9.77 Å². The number of allylic oxidation sites excluding steroid dienone is 1. The molecule has 2 aliphatic heterocycles. The molecule has 4 rings (SSSR count). The minimum absolute atomic E-state index is 0.111. The molecule has 2 atom stereocenters. The highest BCUT2D eigenvalue weighted by Gasteiger charge is 2.39. The van der Waals surface area contributed by atoms with Gasteiger partial charge in [0.25, 0.3) is 5.91 Å². The van der Waals surface area contributed by atoms with Gasteiger partial charge in [-0.3, -0.25) is 14.3 Å². The van der Waals surface area contributed by atoms with Crippen LogP contribution in [0.15, 0.2) is 36.7 Å². The molecule has 2 aliphatic rings. The van der Waals surface area contributed by atoms with Gasteiger partial charge < -0.3 is 15.3 Å². The van der Waals surface area contributed by atoms with Crippen molar-refractivity contribution in [1.29, 1.82) is 0 Å². The Labute approximate surface area is 182 Å². The van der Waals surface area contributed by atoms with Crippen LogP contribution in [0.25, 0.3) is 6.08 Å². The summed E-state index contributed by atoms with van der Waals surface area (Å²) in [6.07, 6.45) is 10.1. The topological polar surface area (TPSA) is 87.5 Å². The number of aliphatic hydroxyl groups is 1. The minimum Gasteiger partial charge on any atom is -0.374 e. The Bertz CT molecular complexity index is 955. The number of fused-ring (bicyclic) bond motifs is 1. The number of aryl methyl sites for hydroxylation is 1. The van der Waals surface area contributed by atoms with Crippen molar-refractivity contribution < 1.29 is 14.7 Å². The maximum atomic E-state index is 12.9. The van der Waals surface area contributed by atoms with Crippen LogP contribution < -0.4 is 5.32 Å². The van der Waals surface area contributed by atoms with E-state index in [9.17, 15) is 14.7 Å². The molecule has 2 unspecified atom stereocenters. The zero-order valence-electron chi connectivity index (χ0n) is 15.9. The van der Waals surface area contributed by atoms with Crippen molar-refractivity contribution >= 4 is 40.5 Å². The number of amides is 2. The monoisotopic (exact) mass is 506 g/mol. The van der Waals surface area contributed by atoms with Crippen LogP contribution in [0, 0.1) is 3.57 Å². The number of carbonyl (C=O) groups excluding carboxylic acids is 2. The highest BCUT2D eigenvalue weighted by Crippen LogP contribution is 2.30. The van der Waals surface area contributed by atoms with Gasteiger partial charge in [0, 0.05) is 24.8 Å². The molecule has 0 saturated carbocycles. The summed E-state index contributed by atoms with van der Waals surface area (Å²) in [4.78, 5) is 26.7. The van der Waals surface area contributed by atoms with Gasteiger partial charge in [0.2, 0.25) is 5.91 Å². The molecule has 0 bridgehead atoms. The zero-order valence-corrected chi connectivity index (χ0v) is 18.1. The SMILES string of the molecule is O=C1NC(O)CCC1N1Cc2c(/C=C/CCCn3cc(I)cn3)cccc2C1=O. The molecule has 1 saturated heterocycles. The average Bonchev–Trinajstić information content (AvgIpc) is 3.25. The first-order chi connectivity index (χ1) is 14.0. The van der Waals surface area contributed by atoms with Gasteiger partial charge in [-0.2, -0.15) is 5.10 Å². The van der Waals surface area contributed by atoms with Crippen LogP contribution >= 0.6 is 22.6 Å². The third-order valence-electron chi connectivity index (χ3n) is 5.39. The smallest absolute Gasteiger partial charge is 0.255 e. The van der Waals surface area contributed by atoms with Crippen molar-refractivity contribution in [2.75, 3.05) is 0 Å². The average molecular weight is 506 g/mol. The lowest BCUT2D eigenvalue weighted by Crippen LogP contribution is -2.54. The first-order valence-corrected chi connectivity index (χ1v) is 10.9. The summed E-state index contributed by atoms with van der Waals surface area (Å²) >= 11 is 2.25. The summed E-state index contributed by atoms with van der Waals surface area (Å²) in [5.41, 5.74) is 2.65. The van der Waals surface area contributed by atoms with Gasteiger partial charge in [0.15, 0.2) is 0 Å². The standard InChI is InChI=1S/C21H23IN4O3/c22-15-11-23-25(12-15)10-3-1-2-5-14-6-4-7-16-17(14)13-26(21(16)29)18-8-9-19(27)24-20(18)28/h2,4-7,11-12,18-19,27H,1,3,8-10,13H2,(H,24,28)/b5-2+. The Kier molecular flexibility index (Phi) is 6.00. The maximum Gasteiger partial charge on any atom is 0.255 e. The lowest BCUT2D eigenvalue weighted by atomic mass is 10.0. The summed E-state index contributed by atoms with van der Waals surface area (Å²) < 4.78 is 3.08. The van der Waals surface area contributed by atoms with E-state index < -0.39 is 12.3 Å². The molecule has 0 radical (unpaired) electrons. The molecule has 2 N–H and O–H groups in total. The Balaban J connectivity index is 1.40. The molecule has 1 aromatic heterocycles. The van der Waals surface area contributed by atoms with Crippen molar-refractivity contribution in [2.24, 2.45) is 0 Å². The Morgan fingerprint density at radius 3 is 2.93 bits per heavy atom. The fourth-order valence-corrected chi connectivity index (χ4v) is 4.35. The minimum atomic E-state index is -0.817. The fourth-order valence-electron chi connectivity index (χ4n) is 3.91. The van der Waals surface area contributed by atoms with E-state index in [-0.39, 0.29) is 11.8 Å². The van der Waals surface area contributed by atoms with Gasteiger partial charge in [-0.1, -0.05) is 24.3 Å². The van der Waals surface area contributed by atoms with Gasteiger partial charge in [-0.05, 0) is 65.5 Å². The van der Waals surface area contributed by atoms with Gasteiger partial charge in [-0.15, -0.1) is 0 Å². The molecule has 0 spiro atoms. The number of halogens is 1. The predicted molar refractivity (Wildman–Crippen MR) is 117 cm³/mol. The Morgan fingerprint density at radius 1 is 1.31 bits per heavy atom. The first-order valence-electron chi connectivity index (χ1n) is 9.79. The third-order valence-corrected chi connectivity index (χ3v) is 5.95. The van der Waals surface area contributed by atoms with E-state index in [4.69, 9.17) is 0 Å².